The predicted octanol–water partition coefficient (Wildman–Crippen LogP) is 6.86. The van der Waals surface area contributed by atoms with E-state index in [0.29, 0.717) is 25.8 Å². The number of rotatable bonds is 16. The van der Waals surface area contributed by atoms with Crippen molar-refractivity contribution in [3.8, 4) is 11.1 Å². The summed E-state index contributed by atoms with van der Waals surface area (Å²) >= 11 is 0. The molecule has 4 aromatic carbocycles. The van der Waals surface area contributed by atoms with E-state index in [1.807, 2.05) is 24.3 Å². The summed E-state index contributed by atoms with van der Waals surface area (Å²) < 4.78 is 13.3. The summed E-state index contributed by atoms with van der Waals surface area (Å²) in [6.45, 7) is 6.33. The number of aliphatic hydroxyl groups is 1. The number of ether oxygens (including phenoxy) is 2. The Morgan fingerprint density at radius 2 is 1.38 bits per heavy atom. The first-order valence-corrected chi connectivity index (χ1v) is 18.6. The summed E-state index contributed by atoms with van der Waals surface area (Å²) in [4.78, 5) is 28.1. The number of aliphatic carboxylic acids is 1. The summed E-state index contributed by atoms with van der Waals surface area (Å²) in [7, 11) is 0. The first kappa shape index (κ1) is 37.4. The van der Waals surface area contributed by atoms with Crippen molar-refractivity contribution in [2.45, 2.75) is 76.7 Å². The number of carboxylic acids is 1. The number of aliphatic hydroxyl groups excluding tert-OH is 1. The predicted molar refractivity (Wildman–Crippen MR) is 201 cm³/mol. The van der Waals surface area contributed by atoms with Gasteiger partial charge in [0.1, 0.15) is 0 Å². The van der Waals surface area contributed by atoms with Crippen LogP contribution in [-0.2, 0) is 38.8 Å². The van der Waals surface area contributed by atoms with E-state index in [1.165, 1.54) is 5.56 Å². The number of unbranched alkanes of at least 4 members (excludes halogenated alkanes) is 2. The zero-order chi connectivity index (χ0) is 36.1. The van der Waals surface area contributed by atoms with Crippen molar-refractivity contribution < 1.29 is 29.3 Å². The zero-order valence-corrected chi connectivity index (χ0v) is 29.9. The van der Waals surface area contributed by atoms with Crippen LogP contribution >= 0.6 is 0 Å². The summed E-state index contributed by atoms with van der Waals surface area (Å²) in [6.07, 6.45) is 2.66. The molecule has 0 spiro atoms. The van der Waals surface area contributed by atoms with Crippen molar-refractivity contribution in [1.29, 1.82) is 0 Å². The number of nitrogens with one attached hydrogen (secondary N) is 1. The quantitative estimate of drug-likeness (QED) is 0.109. The second-order valence-corrected chi connectivity index (χ2v) is 14.0. The van der Waals surface area contributed by atoms with Gasteiger partial charge in [0.2, 0.25) is 5.91 Å². The number of piperazine rings is 1. The average molecular weight is 706 g/mol. The summed E-state index contributed by atoms with van der Waals surface area (Å²) in [5.41, 5.74) is 7.41. The molecule has 0 unspecified atom stereocenters. The van der Waals surface area contributed by atoms with Crippen LogP contribution in [0.2, 0.25) is 0 Å². The van der Waals surface area contributed by atoms with E-state index in [4.69, 9.17) is 14.6 Å². The third-order valence-corrected chi connectivity index (χ3v) is 10.0. The lowest BCUT2D eigenvalue weighted by atomic mass is 9.98. The molecule has 4 aromatic rings. The highest BCUT2D eigenvalue weighted by molar-refractivity contribution is 5.76. The van der Waals surface area contributed by atoms with Gasteiger partial charge in [-0.05, 0) is 52.3 Å². The lowest BCUT2D eigenvalue weighted by Crippen LogP contribution is -2.49. The molecule has 9 nitrogen and oxygen atoms in total. The molecule has 2 aliphatic rings. The van der Waals surface area contributed by atoms with E-state index in [9.17, 15) is 14.7 Å². The lowest BCUT2D eigenvalue weighted by molar-refractivity contribution is -0.253. The van der Waals surface area contributed by atoms with Gasteiger partial charge in [-0.15, -0.1) is 0 Å². The largest absolute Gasteiger partial charge is 0.481 e. The molecule has 52 heavy (non-hydrogen) atoms. The highest BCUT2D eigenvalue weighted by atomic mass is 16.7. The van der Waals surface area contributed by atoms with Crippen molar-refractivity contribution in [2.75, 3.05) is 32.7 Å². The van der Waals surface area contributed by atoms with Gasteiger partial charge in [-0.2, -0.15) is 0 Å². The first-order valence-electron chi connectivity index (χ1n) is 18.6. The van der Waals surface area contributed by atoms with Gasteiger partial charge in [0.25, 0.3) is 0 Å². The third-order valence-electron chi connectivity index (χ3n) is 10.0. The molecule has 0 aromatic heterocycles. The maximum atomic E-state index is 12.3. The molecule has 0 aliphatic carbocycles. The van der Waals surface area contributed by atoms with Crippen LogP contribution in [0.3, 0.4) is 0 Å². The SMILES string of the molecule is O=C(O)CCCCCC(=O)NCc1cccc(-c2ccc([C@@H]3O[C@H](CN4CCN(Cc5ccccc5)CC4)C[C@H](c4ccc(CO)cc4)O3)cc2)c1. The van der Waals surface area contributed by atoms with Crippen LogP contribution in [0.25, 0.3) is 11.1 Å². The number of carbonyl (C=O) groups is 2. The van der Waals surface area contributed by atoms with Gasteiger partial charge in [-0.1, -0.05) is 103 Å². The van der Waals surface area contributed by atoms with E-state index in [-0.39, 0.29) is 31.1 Å². The molecule has 3 atom stereocenters. The molecule has 0 saturated carbocycles. The standard InChI is InChI=1S/C43H51N3O6/c47-31-33-14-16-36(17-15-33)40-27-39(30-46-24-22-45(23-25-46)29-32-8-3-1-4-9-32)51-43(52-40)37-20-18-35(19-21-37)38-11-7-10-34(26-38)28-44-41(48)12-5-2-6-13-42(49)50/h1,3-4,7-11,14-21,26,39-40,43,47H,2,5-6,12-13,22-25,27-31H2,(H,44,48)(H,49,50)/t39-,40+,43+/m0/s1. The highest BCUT2D eigenvalue weighted by Crippen LogP contribution is 2.39. The second kappa shape index (κ2) is 18.9. The van der Waals surface area contributed by atoms with E-state index in [2.05, 4.69) is 94.0 Å². The van der Waals surface area contributed by atoms with E-state index in [0.717, 1.165) is 85.5 Å². The fraction of sp³-hybridized carbons (Fsp3) is 0.395. The third kappa shape index (κ3) is 11.1. The fourth-order valence-corrected chi connectivity index (χ4v) is 7.01. The molecule has 0 bridgehead atoms. The van der Waals surface area contributed by atoms with Crippen molar-refractivity contribution in [3.63, 3.8) is 0 Å². The van der Waals surface area contributed by atoms with Crippen LogP contribution in [0.1, 0.15) is 78.7 Å². The van der Waals surface area contributed by atoms with Crippen molar-refractivity contribution in [1.82, 2.24) is 15.1 Å². The average Bonchev–Trinajstić information content (AvgIpc) is 3.18. The Bertz CT molecular complexity index is 1710. The Morgan fingerprint density at radius 3 is 2.12 bits per heavy atom. The normalized spacial score (nSPS) is 19.7. The number of hydrogen-bond acceptors (Lipinski definition) is 7. The van der Waals surface area contributed by atoms with Crippen LogP contribution in [0, 0.1) is 0 Å². The second-order valence-electron chi connectivity index (χ2n) is 14.0. The Labute approximate surface area is 307 Å². The molecule has 2 heterocycles. The minimum absolute atomic E-state index is 0.00162. The molecule has 9 heteroatoms. The van der Waals surface area contributed by atoms with Gasteiger partial charge in [0, 0.05) is 70.6 Å². The number of nitrogens with zero attached hydrogens (tertiary/aromatic N) is 2. The Hall–Kier alpha value is -4.38. The van der Waals surface area contributed by atoms with Gasteiger partial charge in [-0.3, -0.25) is 19.4 Å². The number of amides is 1. The van der Waals surface area contributed by atoms with Gasteiger partial charge < -0.3 is 25.0 Å². The lowest BCUT2D eigenvalue weighted by Gasteiger charge is -2.40. The molecular formula is C43H51N3O6. The van der Waals surface area contributed by atoms with Crippen LogP contribution in [-0.4, -0.2) is 70.7 Å². The molecule has 274 valence electrons. The molecule has 3 N–H and O–H groups in total. The smallest absolute Gasteiger partial charge is 0.303 e. The van der Waals surface area contributed by atoms with Gasteiger partial charge in [-0.25, -0.2) is 0 Å². The van der Waals surface area contributed by atoms with Gasteiger partial charge >= 0.3 is 5.97 Å². The minimum atomic E-state index is -0.797. The summed E-state index contributed by atoms with van der Waals surface area (Å²) in [5.74, 6) is -0.822. The number of benzene rings is 4. The summed E-state index contributed by atoms with van der Waals surface area (Å²) in [6, 6.07) is 35.2. The van der Waals surface area contributed by atoms with E-state index in [1.54, 1.807) is 0 Å². The van der Waals surface area contributed by atoms with E-state index >= 15 is 0 Å². The number of carbonyl (C=O) groups excluding carboxylic acids is 1. The fourth-order valence-electron chi connectivity index (χ4n) is 7.01. The molecular weight excluding hydrogens is 654 g/mol. The Kier molecular flexibility index (Phi) is 13.6. The van der Waals surface area contributed by atoms with Crippen molar-refractivity contribution in [2.24, 2.45) is 0 Å². The van der Waals surface area contributed by atoms with Crippen LogP contribution in [0.5, 0.6) is 0 Å². The van der Waals surface area contributed by atoms with Crippen LogP contribution in [0.4, 0.5) is 0 Å². The molecule has 2 aliphatic heterocycles. The Balaban J connectivity index is 1.07. The maximum absolute atomic E-state index is 12.3. The van der Waals surface area contributed by atoms with E-state index < -0.39 is 12.3 Å². The van der Waals surface area contributed by atoms with Crippen molar-refractivity contribution in [3.05, 3.63) is 131 Å². The zero-order valence-electron chi connectivity index (χ0n) is 29.9. The summed E-state index contributed by atoms with van der Waals surface area (Å²) in [5, 5.41) is 21.4. The number of hydrogen-bond donors (Lipinski definition) is 3. The molecule has 6 rings (SSSR count). The highest BCUT2D eigenvalue weighted by Gasteiger charge is 2.34. The monoisotopic (exact) mass is 705 g/mol. The van der Waals surface area contributed by atoms with Gasteiger partial charge in [0.15, 0.2) is 6.29 Å². The molecule has 1 amide bonds. The first-order chi connectivity index (χ1) is 25.4. The van der Waals surface area contributed by atoms with Crippen molar-refractivity contribution >= 4 is 11.9 Å². The minimum Gasteiger partial charge on any atom is -0.481 e. The van der Waals surface area contributed by atoms with Gasteiger partial charge in [0.05, 0.1) is 18.8 Å². The Morgan fingerprint density at radius 1 is 0.692 bits per heavy atom. The molecule has 0 radical (unpaired) electrons. The molecule has 2 fully saturated rings. The molecule has 2 saturated heterocycles. The van der Waals surface area contributed by atoms with Crippen LogP contribution in [0.15, 0.2) is 103 Å². The maximum Gasteiger partial charge on any atom is 0.303 e. The number of carboxylic acid groups (broad SMARTS) is 1. The topological polar surface area (TPSA) is 112 Å². The van der Waals surface area contributed by atoms with Crippen LogP contribution < -0.4 is 5.32 Å².